The number of rotatable bonds is 8. The lowest BCUT2D eigenvalue weighted by atomic mass is 10.1. The van der Waals surface area contributed by atoms with Crippen molar-refractivity contribution in [2.75, 3.05) is 19.8 Å². The molecule has 1 unspecified atom stereocenters. The fourth-order valence-electron chi connectivity index (χ4n) is 1.68. The maximum atomic E-state index is 11.9. The molecular formula is C12H17BrF3NOS. The number of hydrogen-bond donors (Lipinski definition) is 1. The second kappa shape index (κ2) is 8.24. The van der Waals surface area contributed by atoms with Crippen LogP contribution in [0.15, 0.2) is 15.9 Å². The Morgan fingerprint density at radius 3 is 2.74 bits per heavy atom. The van der Waals surface area contributed by atoms with Crippen LogP contribution in [0.3, 0.4) is 0 Å². The van der Waals surface area contributed by atoms with Gasteiger partial charge in [0.25, 0.3) is 0 Å². The van der Waals surface area contributed by atoms with Crippen molar-refractivity contribution in [3.8, 4) is 0 Å². The number of hydrogen-bond acceptors (Lipinski definition) is 3. The zero-order valence-corrected chi connectivity index (χ0v) is 13.0. The second-order valence-corrected chi connectivity index (χ2v) is 6.06. The monoisotopic (exact) mass is 359 g/mol. The van der Waals surface area contributed by atoms with E-state index in [-0.39, 0.29) is 12.6 Å². The van der Waals surface area contributed by atoms with Gasteiger partial charge in [-0.1, -0.05) is 6.92 Å². The number of ether oxygens (including phenoxy) is 1. The van der Waals surface area contributed by atoms with Crippen molar-refractivity contribution in [2.24, 2.45) is 0 Å². The smallest absolute Gasteiger partial charge is 0.372 e. The van der Waals surface area contributed by atoms with E-state index >= 15 is 0 Å². The molecule has 0 aromatic carbocycles. The van der Waals surface area contributed by atoms with Crippen molar-refractivity contribution in [3.05, 3.63) is 20.8 Å². The van der Waals surface area contributed by atoms with E-state index in [4.69, 9.17) is 0 Å². The van der Waals surface area contributed by atoms with Gasteiger partial charge in [-0.3, -0.25) is 0 Å². The fraction of sp³-hybridized carbons (Fsp3) is 0.667. The molecule has 0 bridgehead atoms. The highest BCUT2D eigenvalue weighted by Gasteiger charge is 2.27. The largest absolute Gasteiger partial charge is 0.411 e. The van der Waals surface area contributed by atoms with E-state index in [0.717, 1.165) is 17.4 Å². The molecule has 0 fully saturated rings. The highest BCUT2D eigenvalue weighted by Crippen LogP contribution is 2.21. The predicted octanol–water partition coefficient (Wildman–Crippen LogP) is 4.00. The van der Waals surface area contributed by atoms with E-state index < -0.39 is 12.8 Å². The Balaban J connectivity index is 2.32. The van der Waals surface area contributed by atoms with E-state index in [1.54, 1.807) is 11.3 Å². The molecule has 1 heterocycles. The predicted molar refractivity (Wildman–Crippen MR) is 74.7 cm³/mol. The van der Waals surface area contributed by atoms with Crippen molar-refractivity contribution in [1.29, 1.82) is 0 Å². The van der Waals surface area contributed by atoms with Crippen molar-refractivity contribution in [2.45, 2.75) is 32.0 Å². The summed E-state index contributed by atoms with van der Waals surface area (Å²) in [4.78, 5) is 1.20. The Morgan fingerprint density at radius 2 is 2.21 bits per heavy atom. The van der Waals surface area contributed by atoms with Gasteiger partial charge in [-0.05, 0) is 41.4 Å². The molecule has 110 valence electrons. The summed E-state index contributed by atoms with van der Waals surface area (Å²) in [5, 5.41) is 5.27. The number of halogens is 4. The summed E-state index contributed by atoms with van der Waals surface area (Å²) >= 11 is 5.03. The number of nitrogens with one attached hydrogen (secondary N) is 1. The van der Waals surface area contributed by atoms with Gasteiger partial charge in [-0.25, -0.2) is 0 Å². The molecule has 0 aliphatic heterocycles. The Labute approximate surface area is 123 Å². The Morgan fingerprint density at radius 1 is 1.47 bits per heavy atom. The normalized spacial score (nSPS) is 13.7. The molecule has 0 aliphatic carbocycles. The lowest BCUT2D eigenvalue weighted by molar-refractivity contribution is -0.174. The van der Waals surface area contributed by atoms with Gasteiger partial charge in [0.15, 0.2) is 0 Å². The minimum absolute atomic E-state index is 0.115. The first-order chi connectivity index (χ1) is 8.90. The molecule has 0 amide bonds. The average molecular weight is 360 g/mol. The molecule has 1 atom stereocenters. The molecule has 0 spiro atoms. The van der Waals surface area contributed by atoms with Gasteiger partial charge in [0.2, 0.25) is 0 Å². The van der Waals surface area contributed by atoms with Crippen LogP contribution in [0.5, 0.6) is 0 Å². The third-order valence-corrected chi connectivity index (χ3v) is 4.16. The molecule has 0 saturated heterocycles. The van der Waals surface area contributed by atoms with Gasteiger partial charge in [0.05, 0.1) is 0 Å². The fourth-order valence-corrected chi connectivity index (χ4v) is 3.21. The van der Waals surface area contributed by atoms with Crippen molar-refractivity contribution >= 4 is 27.3 Å². The maximum absolute atomic E-state index is 11.9. The molecule has 1 aromatic rings. The minimum Gasteiger partial charge on any atom is -0.372 e. The van der Waals surface area contributed by atoms with E-state index in [2.05, 4.69) is 26.0 Å². The summed E-state index contributed by atoms with van der Waals surface area (Å²) in [6.45, 7) is 1.71. The third-order valence-electron chi connectivity index (χ3n) is 2.44. The third kappa shape index (κ3) is 7.91. The lowest BCUT2D eigenvalue weighted by Crippen LogP contribution is -2.32. The maximum Gasteiger partial charge on any atom is 0.411 e. The lowest BCUT2D eigenvalue weighted by Gasteiger charge is -2.17. The minimum atomic E-state index is -4.24. The van der Waals surface area contributed by atoms with Gasteiger partial charge in [-0.15, -0.1) is 11.3 Å². The molecule has 2 nitrogen and oxygen atoms in total. The van der Waals surface area contributed by atoms with Gasteiger partial charge >= 0.3 is 6.18 Å². The van der Waals surface area contributed by atoms with Crippen LogP contribution in [0.2, 0.25) is 0 Å². The standard InChI is InChI=1S/C12H17BrF3NOS/c1-2-17-10(3-4-18-8-12(14,15)16)6-11-5-9(13)7-19-11/h5,7,10,17H,2-4,6,8H2,1H3. The first-order valence-corrected chi connectivity index (χ1v) is 7.68. The zero-order chi connectivity index (χ0) is 14.3. The first kappa shape index (κ1) is 16.9. The SMILES string of the molecule is CCNC(CCOCC(F)(F)F)Cc1cc(Br)cs1. The van der Waals surface area contributed by atoms with Crippen molar-refractivity contribution < 1.29 is 17.9 Å². The summed E-state index contributed by atoms with van der Waals surface area (Å²) in [5.41, 5.74) is 0. The van der Waals surface area contributed by atoms with Crippen LogP contribution in [0.25, 0.3) is 0 Å². The van der Waals surface area contributed by atoms with Crippen molar-refractivity contribution in [1.82, 2.24) is 5.32 Å². The molecule has 1 aromatic heterocycles. The Kier molecular flexibility index (Phi) is 7.35. The van der Waals surface area contributed by atoms with Crippen LogP contribution in [0.4, 0.5) is 13.2 Å². The van der Waals surface area contributed by atoms with E-state index in [9.17, 15) is 13.2 Å². The van der Waals surface area contributed by atoms with Crippen molar-refractivity contribution in [3.63, 3.8) is 0 Å². The van der Waals surface area contributed by atoms with Crippen LogP contribution in [-0.4, -0.2) is 32.0 Å². The van der Waals surface area contributed by atoms with Crippen LogP contribution in [0.1, 0.15) is 18.2 Å². The zero-order valence-electron chi connectivity index (χ0n) is 10.6. The number of likely N-dealkylation sites (N-methyl/N-ethyl adjacent to an activating group) is 1. The summed E-state index contributed by atoms with van der Waals surface area (Å²) < 4.78 is 41.5. The highest BCUT2D eigenvalue weighted by atomic mass is 79.9. The van der Waals surface area contributed by atoms with E-state index in [0.29, 0.717) is 6.42 Å². The topological polar surface area (TPSA) is 21.3 Å². The van der Waals surface area contributed by atoms with Crippen LogP contribution in [-0.2, 0) is 11.2 Å². The summed E-state index contributed by atoms with van der Waals surface area (Å²) in [6.07, 6.45) is -2.87. The molecule has 7 heteroatoms. The van der Waals surface area contributed by atoms with Crippen LogP contribution < -0.4 is 5.32 Å². The summed E-state index contributed by atoms with van der Waals surface area (Å²) in [5.74, 6) is 0. The number of thiophene rings is 1. The van der Waals surface area contributed by atoms with Gasteiger partial charge in [-0.2, -0.15) is 13.2 Å². The van der Waals surface area contributed by atoms with E-state index in [1.165, 1.54) is 4.88 Å². The molecule has 1 rings (SSSR count). The summed E-state index contributed by atoms with van der Waals surface area (Å²) in [6, 6.07) is 2.18. The summed E-state index contributed by atoms with van der Waals surface area (Å²) in [7, 11) is 0. The van der Waals surface area contributed by atoms with Gasteiger partial charge in [0.1, 0.15) is 6.61 Å². The highest BCUT2D eigenvalue weighted by molar-refractivity contribution is 9.10. The Bertz CT molecular complexity index is 370. The van der Waals surface area contributed by atoms with Crippen LogP contribution in [0, 0.1) is 0 Å². The molecule has 1 N–H and O–H groups in total. The molecule has 0 radical (unpaired) electrons. The Hall–Kier alpha value is -0.110. The molecule has 0 aliphatic rings. The van der Waals surface area contributed by atoms with Gasteiger partial charge in [0, 0.05) is 27.4 Å². The molecule has 19 heavy (non-hydrogen) atoms. The molecule has 0 saturated carbocycles. The quantitative estimate of drug-likeness (QED) is 0.708. The van der Waals surface area contributed by atoms with E-state index in [1.807, 2.05) is 18.4 Å². The van der Waals surface area contributed by atoms with Crippen LogP contribution >= 0.6 is 27.3 Å². The average Bonchev–Trinajstić information content (AvgIpc) is 2.69. The van der Waals surface area contributed by atoms with Gasteiger partial charge < -0.3 is 10.1 Å². The number of alkyl halides is 3. The first-order valence-electron chi connectivity index (χ1n) is 6.01. The molecular weight excluding hydrogens is 343 g/mol. The second-order valence-electron chi connectivity index (χ2n) is 4.15.